The highest BCUT2D eigenvalue weighted by molar-refractivity contribution is 5.81. The monoisotopic (exact) mass is 223 g/mol. The van der Waals surface area contributed by atoms with Crippen LogP contribution >= 0.6 is 0 Å². The molecule has 2 N–H and O–H groups in total. The smallest absolute Gasteiger partial charge is 0.237 e. The standard InChI is InChI=1S/C12H21N3O/c1-3-4-14-12(16)9(2)15-7-10-5-13-6-11(10)8-15/h3,9-11,13H,1,4-8H2,2H3,(H,14,16)/t9?,10-,11+. The Morgan fingerprint density at radius 3 is 2.75 bits per heavy atom. The maximum absolute atomic E-state index is 11.8. The van der Waals surface area contributed by atoms with E-state index in [-0.39, 0.29) is 11.9 Å². The van der Waals surface area contributed by atoms with Crippen molar-refractivity contribution in [3.05, 3.63) is 12.7 Å². The van der Waals surface area contributed by atoms with Crippen molar-refractivity contribution in [3.63, 3.8) is 0 Å². The van der Waals surface area contributed by atoms with Gasteiger partial charge < -0.3 is 10.6 Å². The number of rotatable bonds is 4. The summed E-state index contributed by atoms with van der Waals surface area (Å²) in [6, 6.07) is -0.00875. The average Bonchev–Trinajstić information content (AvgIpc) is 2.84. The molecule has 2 saturated heterocycles. The summed E-state index contributed by atoms with van der Waals surface area (Å²) < 4.78 is 0. The van der Waals surface area contributed by atoms with E-state index < -0.39 is 0 Å². The molecule has 2 heterocycles. The van der Waals surface area contributed by atoms with Gasteiger partial charge in [-0.15, -0.1) is 6.58 Å². The van der Waals surface area contributed by atoms with Crippen LogP contribution in [0.4, 0.5) is 0 Å². The number of fused-ring (bicyclic) bond motifs is 1. The van der Waals surface area contributed by atoms with E-state index in [1.165, 1.54) is 0 Å². The summed E-state index contributed by atoms with van der Waals surface area (Å²) in [5, 5.41) is 6.27. The third-order valence-electron chi connectivity index (χ3n) is 3.77. The summed E-state index contributed by atoms with van der Waals surface area (Å²) in [6.07, 6.45) is 1.72. The van der Waals surface area contributed by atoms with Gasteiger partial charge in [-0.3, -0.25) is 9.69 Å². The van der Waals surface area contributed by atoms with Crippen molar-refractivity contribution >= 4 is 5.91 Å². The SMILES string of the molecule is C=CCNC(=O)C(C)N1C[C@H]2CNC[C@H]2C1. The Labute approximate surface area is 97.1 Å². The fraction of sp³-hybridized carbons (Fsp3) is 0.750. The van der Waals surface area contributed by atoms with Gasteiger partial charge in [0.2, 0.25) is 5.91 Å². The predicted molar refractivity (Wildman–Crippen MR) is 64.1 cm³/mol. The molecule has 0 bridgehead atoms. The van der Waals surface area contributed by atoms with Crippen LogP contribution in [0.15, 0.2) is 12.7 Å². The highest BCUT2D eigenvalue weighted by Gasteiger charge is 2.39. The van der Waals surface area contributed by atoms with E-state index in [9.17, 15) is 4.79 Å². The number of hydrogen-bond donors (Lipinski definition) is 2. The molecular weight excluding hydrogens is 202 g/mol. The highest BCUT2D eigenvalue weighted by Crippen LogP contribution is 2.27. The molecule has 0 spiro atoms. The van der Waals surface area contributed by atoms with Gasteiger partial charge in [-0.1, -0.05) is 6.08 Å². The fourth-order valence-corrected chi connectivity index (χ4v) is 2.69. The zero-order chi connectivity index (χ0) is 11.5. The molecule has 90 valence electrons. The maximum Gasteiger partial charge on any atom is 0.237 e. The van der Waals surface area contributed by atoms with E-state index in [4.69, 9.17) is 0 Å². The number of carbonyl (C=O) groups is 1. The number of nitrogens with zero attached hydrogens (tertiary/aromatic N) is 1. The molecule has 1 unspecified atom stereocenters. The summed E-state index contributed by atoms with van der Waals surface area (Å²) in [7, 11) is 0. The van der Waals surface area contributed by atoms with Crippen LogP contribution in [0.3, 0.4) is 0 Å². The number of carbonyl (C=O) groups excluding carboxylic acids is 1. The molecule has 0 radical (unpaired) electrons. The Bertz CT molecular complexity index is 267. The lowest BCUT2D eigenvalue weighted by Crippen LogP contribution is -2.45. The van der Waals surface area contributed by atoms with Gasteiger partial charge in [0.15, 0.2) is 0 Å². The Kier molecular flexibility index (Phi) is 3.61. The Balaban J connectivity index is 1.84. The molecule has 0 saturated carbocycles. The normalized spacial score (nSPS) is 31.1. The minimum absolute atomic E-state index is 0.00875. The Morgan fingerprint density at radius 2 is 2.19 bits per heavy atom. The number of amides is 1. The van der Waals surface area contributed by atoms with Gasteiger partial charge in [0.1, 0.15) is 0 Å². The molecule has 16 heavy (non-hydrogen) atoms. The first-order valence-corrected chi connectivity index (χ1v) is 6.05. The first-order chi connectivity index (χ1) is 7.72. The van der Waals surface area contributed by atoms with Crippen LogP contribution in [-0.2, 0) is 4.79 Å². The lowest BCUT2D eigenvalue weighted by atomic mass is 10.0. The summed E-state index contributed by atoms with van der Waals surface area (Å²) >= 11 is 0. The molecule has 4 heteroatoms. The van der Waals surface area contributed by atoms with Crippen molar-refractivity contribution in [1.82, 2.24) is 15.5 Å². The van der Waals surface area contributed by atoms with E-state index in [0.29, 0.717) is 6.54 Å². The molecule has 0 aromatic heterocycles. The maximum atomic E-state index is 11.8. The number of nitrogens with one attached hydrogen (secondary N) is 2. The quantitative estimate of drug-likeness (QED) is 0.650. The zero-order valence-electron chi connectivity index (χ0n) is 9.91. The molecule has 2 aliphatic rings. The van der Waals surface area contributed by atoms with E-state index in [0.717, 1.165) is 38.0 Å². The third kappa shape index (κ3) is 2.28. The van der Waals surface area contributed by atoms with Gasteiger partial charge in [0, 0.05) is 19.6 Å². The second-order valence-electron chi connectivity index (χ2n) is 4.84. The van der Waals surface area contributed by atoms with Gasteiger partial charge >= 0.3 is 0 Å². The Hall–Kier alpha value is -0.870. The van der Waals surface area contributed by atoms with Crippen molar-refractivity contribution in [3.8, 4) is 0 Å². The van der Waals surface area contributed by atoms with Gasteiger partial charge in [0.25, 0.3) is 0 Å². The molecule has 2 aliphatic heterocycles. The molecule has 4 nitrogen and oxygen atoms in total. The third-order valence-corrected chi connectivity index (χ3v) is 3.77. The van der Waals surface area contributed by atoms with Gasteiger partial charge in [0.05, 0.1) is 6.04 Å². The van der Waals surface area contributed by atoms with E-state index in [1.807, 2.05) is 6.92 Å². The van der Waals surface area contributed by atoms with Crippen LogP contribution in [0.25, 0.3) is 0 Å². The van der Waals surface area contributed by atoms with E-state index in [1.54, 1.807) is 6.08 Å². The average molecular weight is 223 g/mol. The molecule has 2 fully saturated rings. The molecular formula is C12H21N3O. The number of likely N-dealkylation sites (tertiary alicyclic amines) is 1. The van der Waals surface area contributed by atoms with Crippen molar-refractivity contribution in [2.24, 2.45) is 11.8 Å². The summed E-state index contributed by atoms with van der Waals surface area (Å²) in [5.74, 6) is 1.61. The highest BCUT2D eigenvalue weighted by atomic mass is 16.2. The first-order valence-electron chi connectivity index (χ1n) is 6.05. The predicted octanol–water partition coefficient (Wildman–Crippen LogP) is -0.172. The van der Waals surface area contributed by atoms with Crippen LogP contribution in [0.1, 0.15) is 6.92 Å². The molecule has 1 amide bonds. The lowest BCUT2D eigenvalue weighted by molar-refractivity contribution is -0.125. The minimum Gasteiger partial charge on any atom is -0.351 e. The molecule has 2 rings (SSSR count). The number of hydrogen-bond acceptors (Lipinski definition) is 3. The molecule has 3 atom stereocenters. The van der Waals surface area contributed by atoms with Crippen molar-refractivity contribution in [1.29, 1.82) is 0 Å². The Morgan fingerprint density at radius 1 is 1.56 bits per heavy atom. The minimum atomic E-state index is -0.00875. The zero-order valence-corrected chi connectivity index (χ0v) is 9.91. The van der Waals surface area contributed by atoms with Crippen LogP contribution in [0.2, 0.25) is 0 Å². The van der Waals surface area contributed by atoms with Gasteiger partial charge in [-0.2, -0.15) is 0 Å². The van der Waals surface area contributed by atoms with Crippen molar-refractivity contribution in [2.45, 2.75) is 13.0 Å². The first kappa shape index (κ1) is 11.6. The second kappa shape index (κ2) is 4.97. The van der Waals surface area contributed by atoms with Crippen LogP contribution in [0.5, 0.6) is 0 Å². The van der Waals surface area contributed by atoms with Crippen LogP contribution in [-0.4, -0.2) is 49.6 Å². The van der Waals surface area contributed by atoms with Crippen LogP contribution in [0, 0.1) is 11.8 Å². The van der Waals surface area contributed by atoms with Crippen molar-refractivity contribution in [2.75, 3.05) is 32.7 Å². The van der Waals surface area contributed by atoms with E-state index >= 15 is 0 Å². The van der Waals surface area contributed by atoms with E-state index in [2.05, 4.69) is 22.1 Å². The molecule has 0 aromatic rings. The largest absolute Gasteiger partial charge is 0.351 e. The van der Waals surface area contributed by atoms with Crippen molar-refractivity contribution < 1.29 is 4.79 Å². The molecule has 0 aliphatic carbocycles. The fourth-order valence-electron chi connectivity index (χ4n) is 2.69. The summed E-state index contributed by atoms with van der Waals surface area (Å²) in [6.45, 7) is 10.5. The van der Waals surface area contributed by atoms with Gasteiger partial charge in [-0.05, 0) is 31.8 Å². The lowest BCUT2D eigenvalue weighted by Gasteiger charge is -2.24. The van der Waals surface area contributed by atoms with Crippen LogP contribution < -0.4 is 10.6 Å². The summed E-state index contributed by atoms with van der Waals surface area (Å²) in [5.41, 5.74) is 0. The van der Waals surface area contributed by atoms with Gasteiger partial charge in [-0.25, -0.2) is 0 Å². The topological polar surface area (TPSA) is 44.4 Å². The molecule has 0 aromatic carbocycles. The summed E-state index contributed by atoms with van der Waals surface area (Å²) in [4.78, 5) is 14.1. The second-order valence-corrected chi connectivity index (χ2v) is 4.84.